The molecule has 2 heterocycles. The third kappa shape index (κ3) is 4.79. The van der Waals surface area contributed by atoms with Gasteiger partial charge in [0.15, 0.2) is 0 Å². The highest BCUT2D eigenvalue weighted by atomic mass is 16.5. The Balaban J connectivity index is 1.56. The van der Waals surface area contributed by atoms with Gasteiger partial charge in [0.25, 0.3) is 5.91 Å². The van der Waals surface area contributed by atoms with Crippen LogP contribution in [0.15, 0.2) is 54.7 Å². The number of rotatable bonds is 6. The molecule has 32 heavy (non-hydrogen) atoms. The van der Waals surface area contributed by atoms with Gasteiger partial charge >= 0.3 is 0 Å². The zero-order chi connectivity index (χ0) is 22.5. The maximum Gasteiger partial charge on any atom is 0.252 e. The Bertz CT molecular complexity index is 1080. The van der Waals surface area contributed by atoms with E-state index in [9.17, 15) is 9.90 Å². The summed E-state index contributed by atoms with van der Waals surface area (Å²) in [6.07, 6.45) is 3.59. The standard InChI is InChI=1S/C25H28N4O3/c1-16-13-19(23-24(26)27-14-21(28-23)18-9-11-32-12-10-18)7-8-20(16)25(31)29-22(15-30)17-5-3-2-4-6-17/h2-8,13-14,18,22,30H,9-12,15H2,1H3,(H2,26,27)(H,29,31)/t22-/m1/s1. The topological polar surface area (TPSA) is 110 Å². The average Bonchev–Trinajstić information content (AvgIpc) is 2.83. The summed E-state index contributed by atoms with van der Waals surface area (Å²) in [5, 5.41) is 12.7. The van der Waals surface area contributed by atoms with E-state index in [0.29, 0.717) is 23.0 Å². The monoisotopic (exact) mass is 432 g/mol. The molecular weight excluding hydrogens is 404 g/mol. The van der Waals surface area contributed by atoms with Crippen LogP contribution in [0.2, 0.25) is 0 Å². The van der Waals surface area contributed by atoms with Crippen molar-refractivity contribution in [1.29, 1.82) is 0 Å². The number of amides is 1. The molecule has 4 rings (SSSR count). The number of carbonyl (C=O) groups is 1. The first-order chi connectivity index (χ1) is 15.6. The number of benzene rings is 2. The molecule has 1 aliphatic heterocycles. The molecule has 1 fully saturated rings. The van der Waals surface area contributed by atoms with E-state index in [4.69, 9.17) is 15.5 Å². The lowest BCUT2D eigenvalue weighted by Crippen LogP contribution is -2.31. The Hall–Kier alpha value is -3.29. The number of nitrogen functional groups attached to an aromatic ring is 1. The summed E-state index contributed by atoms with van der Waals surface area (Å²) in [5.41, 5.74) is 10.7. The molecule has 0 spiro atoms. The van der Waals surface area contributed by atoms with Crippen molar-refractivity contribution >= 4 is 11.7 Å². The molecule has 0 bridgehead atoms. The van der Waals surface area contributed by atoms with Crippen LogP contribution in [0, 0.1) is 6.92 Å². The normalized spacial score (nSPS) is 15.3. The molecule has 3 aromatic rings. The van der Waals surface area contributed by atoms with E-state index < -0.39 is 6.04 Å². The Morgan fingerprint density at radius 3 is 2.66 bits per heavy atom. The minimum absolute atomic E-state index is 0.183. The number of nitrogens with zero attached hydrogens (tertiary/aromatic N) is 2. The summed E-state index contributed by atoms with van der Waals surface area (Å²) in [6.45, 7) is 3.15. The third-order valence-electron chi connectivity index (χ3n) is 5.89. The second-order valence-electron chi connectivity index (χ2n) is 8.06. The summed E-state index contributed by atoms with van der Waals surface area (Å²) < 4.78 is 5.45. The van der Waals surface area contributed by atoms with Crippen molar-refractivity contribution in [2.24, 2.45) is 0 Å². The number of hydrogen-bond acceptors (Lipinski definition) is 6. The van der Waals surface area contributed by atoms with Crippen LogP contribution in [0.4, 0.5) is 5.82 Å². The number of aliphatic hydroxyl groups is 1. The van der Waals surface area contributed by atoms with E-state index in [-0.39, 0.29) is 12.5 Å². The van der Waals surface area contributed by atoms with Crippen molar-refractivity contribution in [3.8, 4) is 11.3 Å². The predicted molar refractivity (Wildman–Crippen MR) is 123 cm³/mol. The van der Waals surface area contributed by atoms with Gasteiger partial charge in [-0.1, -0.05) is 36.4 Å². The Morgan fingerprint density at radius 1 is 1.22 bits per heavy atom. The highest BCUT2D eigenvalue weighted by Crippen LogP contribution is 2.30. The number of anilines is 1. The van der Waals surface area contributed by atoms with Crippen molar-refractivity contribution in [2.45, 2.75) is 31.7 Å². The number of hydrogen-bond donors (Lipinski definition) is 3. The summed E-state index contributed by atoms with van der Waals surface area (Å²) in [5.74, 6) is 0.434. The molecule has 7 heteroatoms. The molecule has 0 saturated carbocycles. The van der Waals surface area contributed by atoms with Gasteiger partial charge in [0.05, 0.1) is 24.5 Å². The molecule has 0 unspecified atom stereocenters. The molecule has 1 aromatic heterocycles. The first-order valence-corrected chi connectivity index (χ1v) is 10.8. The van der Waals surface area contributed by atoms with Gasteiger partial charge in [-0.05, 0) is 43.0 Å². The molecule has 1 aliphatic rings. The zero-order valence-electron chi connectivity index (χ0n) is 18.1. The second kappa shape index (κ2) is 9.89. The Kier molecular flexibility index (Phi) is 6.78. The maximum absolute atomic E-state index is 12.9. The van der Waals surface area contributed by atoms with E-state index >= 15 is 0 Å². The highest BCUT2D eigenvalue weighted by Gasteiger charge is 2.21. The number of aryl methyl sites for hydroxylation is 1. The number of ether oxygens (including phenoxy) is 1. The Morgan fingerprint density at radius 2 is 1.97 bits per heavy atom. The van der Waals surface area contributed by atoms with E-state index in [1.54, 1.807) is 12.3 Å². The fraction of sp³-hybridized carbons (Fsp3) is 0.320. The van der Waals surface area contributed by atoms with Crippen LogP contribution < -0.4 is 11.1 Å². The number of nitrogens with one attached hydrogen (secondary N) is 1. The second-order valence-corrected chi connectivity index (χ2v) is 8.06. The van der Waals surface area contributed by atoms with Crippen molar-refractivity contribution in [3.05, 3.63) is 77.1 Å². The number of aliphatic hydroxyl groups excluding tert-OH is 1. The smallest absolute Gasteiger partial charge is 0.252 e. The maximum atomic E-state index is 12.9. The first kappa shape index (κ1) is 21.9. The average molecular weight is 433 g/mol. The van der Waals surface area contributed by atoms with Crippen LogP contribution in [-0.2, 0) is 4.74 Å². The lowest BCUT2D eigenvalue weighted by atomic mass is 9.96. The van der Waals surface area contributed by atoms with Crippen LogP contribution >= 0.6 is 0 Å². The molecule has 2 aromatic carbocycles. The van der Waals surface area contributed by atoms with Crippen LogP contribution in [-0.4, -0.2) is 40.8 Å². The van der Waals surface area contributed by atoms with Gasteiger partial charge in [-0.3, -0.25) is 4.79 Å². The summed E-state index contributed by atoms with van der Waals surface area (Å²) in [6, 6.07) is 14.4. The molecule has 7 nitrogen and oxygen atoms in total. The predicted octanol–water partition coefficient (Wildman–Crippen LogP) is 3.39. The minimum atomic E-state index is -0.472. The molecular formula is C25H28N4O3. The molecule has 1 saturated heterocycles. The van der Waals surface area contributed by atoms with E-state index in [1.807, 2.05) is 49.4 Å². The zero-order valence-corrected chi connectivity index (χ0v) is 18.1. The van der Waals surface area contributed by atoms with Gasteiger partial charge in [0.2, 0.25) is 0 Å². The van der Waals surface area contributed by atoms with Gasteiger partial charge in [-0.15, -0.1) is 0 Å². The summed E-state index contributed by atoms with van der Waals surface area (Å²) in [4.78, 5) is 22.1. The number of nitrogens with two attached hydrogens (primary N) is 1. The Labute approximate surface area is 187 Å². The minimum Gasteiger partial charge on any atom is -0.394 e. The van der Waals surface area contributed by atoms with Crippen molar-refractivity contribution in [3.63, 3.8) is 0 Å². The molecule has 166 valence electrons. The number of carbonyl (C=O) groups excluding carboxylic acids is 1. The molecule has 1 amide bonds. The van der Waals surface area contributed by atoms with Gasteiger partial charge in [-0.2, -0.15) is 0 Å². The molecule has 1 atom stereocenters. The van der Waals surface area contributed by atoms with Gasteiger partial charge in [-0.25, -0.2) is 9.97 Å². The molecule has 0 aliphatic carbocycles. The van der Waals surface area contributed by atoms with Gasteiger partial charge in [0, 0.05) is 30.3 Å². The lowest BCUT2D eigenvalue weighted by molar-refractivity contribution is 0.0844. The van der Waals surface area contributed by atoms with Crippen LogP contribution in [0.5, 0.6) is 0 Å². The van der Waals surface area contributed by atoms with Crippen LogP contribution in [0.25, 0.3) is 11.3 Å². The lowest BCUT2D eigenvalue weighted by Gasteiger charge is -2.22. The van der Waals surface area contributed by atoms with Crippen molar-refractivity contribution in [1.82, 2.24) is 15.3 Å². The largest absolute Gasteiger partial charge is 0.394 e. The highest BCUT2D eigenvalue weighted by molar-refractivity contribution is 5.96. The van der Waals surface area contributed by atoms with Gasteiger partial charge < -0.3 is 20.9 Å². The third-order valence-corrected chi connectivity index (χ3v) is 5.89. The fourth-order valence-corrected chi connectivity index (χ4v) is 4.04. The summed E-state index contributed by atoms with van der Waals surface area (Å²) >= 11 is 0. The van der Waals surface area contributed by atoms with E-state index in [1.165, 1.54) is 0 Å². The molecule has 4 N–H and O–H groups in total. The van der Waals surface area contributed by atoms with Crippen molar-refractivity contribution < 1.29 is 14.6 Å². The van der Waals surface area contributed by atoms with Crippen LogP contribution in [0.3, 0.4) is 0 Å². The van der Waals surface area contributed by atoms with Crippen molar-refractivity contribution in [2.75, 3.05) is 25.6 Å². The van der Waals surface area contributed by atoms with Gasteiger partial charge in [0.1, 0.15) is 11.5 Å². The van der Waals surface area contributed by atoms with Crippen LogP contribution in [0.1, 0.15) is 52.0 Å². The first-order valence-electron chi connectivity index (χ1n) is 10.8. The summed E-state index contributed by atoms with van der Waals surface area (Å²) in [7, 11) is 0. The SMILES string of the molecule is Cc1cc(-c2nc(C3CCOCC3)cnc2N)ccc1C(=O)N[C@H](CO)c1ccccc1. The number of aromatic nitrogens is 2. The van der Waals surface area contributed by atoms with E-state index in [2.05, 4.69) is 10.3 Å². The van der Waals surface area contributed by atoms with E-state index in [0.717, 1.165) is 48.4 Å². The molecule has 0 radical (unpaired) electrons. The quantitative estimate of drug-likeness (QED) is 0.551. The fourth-order valence-electron chi connectivity index (χ4n) is 4.04.